The molecule has 0 N–H and O–H groups in total. The van der Waals surface area contributed by atoms with Crippen LogP contribution in [0.25, 0.3) is 5.69 Å². The van der Waals surface area contributed by atoms with Crippen molar-refractivity contribution in [2.24, 2.45) is 5.41 Å². The van der Waals surface area contributed by atoms with E-state index in [0.717, 1.165) is 5.69 Å². The number of carbonyl (C=O) groups excluding carboxylic acids is 1. The molecule has 0 spiro atoms. The molecule has 162 valence electrons. The van der Waals surface area contributed by atoms with Gasteiger partial charge in [0.2, 0.25) is 0 Å². The molecule has 3 aromatic rings. The van der Waals surface area contributed by atoms with E-state index in [-0.39, 0.29) is 18.0 Å². The second-order valence-corrected chi connectivity index (χ2v) is 7.85. The maximum absolute atomic E-state index is 12.2. The molecule has 1 aromatic heterocycles. The Morgan fingerprint density at radius 3 is 2.29 bits per heavy atom. The average Bonchev–Trinajstić information content (AvgIpc) is 3.26. The van der Waals surface area contributed by atoms with Crippen molar-refractivity contribution in [3.05, 3.63) is 77.4 Å². The summed E-state index contributed by atoms with van der Waals surface area (Å²) in [6.07, 6.45) is 3.75. The normalized spacial score (nSPS) is 12.1. The Labute approximate surface area is 179 Å². The Balaban J connectivity index is 1.58. The number of nitro groups is 1. The molecule has 0 amide bonds. The number of ether oxygens (including phenoxy) is 3. The molecule has 9 nitrogen and oxygen atoms in total. The fraction of sp³-hybridized carbons (Fsp3) is 0.273. The molecule has 3 rings (SSSR count). The van der Waals surface area contributed by atoms with Gasteiger partial charge in [-0.25, -0.2) is 9.78 Å². The number of hydrogen-bond acceptors (Lipinski definition) is 7. The van der Waals surface area contributed by atoms with Crippen LogP contribution in [0, 0.1) is 15.5 Å². The first-order valence-electron chi connectivity index (χ1n) is 9.56. The lowest BCUT2D eigenvalue weighted by atomic mass is 9.89. The SMILES string of the molecule is CC(C)(C)C(COc1ccc(-n2ccnc2)cc1)OC(=O)Oc1ccc([N+](=O)[O-])cc1. The number of imidazole rings is 1. The van der Waals surface area contributed by atoms with Crippen LogP contribution in [0.3, 0.4) is 0 Å². The minimum absolute atomic E-state index is 0.0965. The molecule has 0 bridgehead atoms. The summed E-state index contributed by atoms with van der Waals surface area (Å²) in [5.74, 6) is 0.782. The number of rotatable bonds is 7. The monoisotopic (exact) mass is 425 g/mol. The quantitative estimate of drug-likeness (QED) is 0.232. The second kappa shape index (κ2) is 9.29. The Hall–Kier alpha value is -3.88. The summed E-state index contributed by atoms with van der Waals surface area (Å²) in [6.45, 7) is 5.89. The summed E-state index contributed by atoms with van der Waals surface area (Å²) < 4.78 is 18.3. The summed E-state index contributed by atoms with van der Waals surface area (Å²) in [5, 5.41) is 10.7. The molecule has 0 aliphatic carbocycles. The lowest BCUT2D eigenvalue weighted by molar-refractivity contribution is -0.384. The van der Waals surface area contributed by atoms with E-state index in [1.54, 1.807) is 12.5 Å². The van der Waals surface area contributed by atoms with Crippen LogP contribution < -0.4 is 9.47 Å². The molecule has 31 heavy (non-hydrogen) atoms. The molecule has 1 heterocycles. The van der Waals surface area contributed by atoms with Gasteiger partial charge in [0.1, 0.15) is 24.2 Å². The van der Waals surface area contributed by atoms with Gasteiger partial charge in [-0.1, -0.05) is 20.8 Å². The van der Waals surface area contributed by atoms with Gasteiger partial charge in [-0.2, -0.15) is 0 Å². The highest BCUT2D eigenvalue weighted by Crippen LogP contribution is 2.25. The van der Waals surface area contributed by atoms with Crippen LogP contribution in [-0.4, -0.2) is 33.3 Å². The number of nitrogens with zero attached hydrogens (tertiary/aromatic N) is 3. The predicted octanol–water partition coefficient (Wildman–Crippen LogP) is 4.79. The first kappa shape index (κ1) is 21.8. The van der Waals surface area contributed by atoms with Gasteiger partial charge in [-0.05, 0) is 36.4 Å². The van der Waals surface area contributed by atoms with E-state index in [1.165, 1.54) is 24.3 Å². The van der Waals surface area contributed by atoms with Gasteiger partial charge < -0.3 is 18.8 Å². The van der Waals surface area contributed by atoms with Crippen molar-refractivity contribution in [3.8, 4) is 17.2 Å². The molecular weight excluding hydrogens is 402 g/mol. The van der Waals surface area contributed by atoms with Gasteiger partial charge >= 0.3 is 6.16 Å². The Morgan fingerprint density at radius 1 is 1.10 bits per heavy atom. The zero-order valence-corrected chi connectivity index (χ0v) is 17.4. The zero-order chi connectivity index (χ0) is 22.4. The van der Waals surface area contributed by atoms with Crippen molar-refractivity contribution in [3.63, 3.8) is 0 Å². The van der Waals surface area contributed by atoms with Crippen molar-refractivity contribution < 1.29 is 23.9 Å². The fourth-order valence-corrected chi connectivity index (χ4v) is 2.63. The molecule has 0 aliphatic heterocycles. The Morgan fingerprint density at radius 2 is 1.74 bits per heavy atom. The van der Waals surface area contributed by atoms with Crippen molar-refractivity contribution in [1.82, 2.24) is 9.55 Å². The minimum atomic E-state index is -0.909. The van der Waals surface area contributed by atoms with E-state index < -0.39 is 22.6 Å². The van der Waals surface area contributed by atoms with Crippen LogP contribution in [0.1, 0.15) is 20.8 Å². The zero-order valence-electron chi connectivity index (χ0n) is 17.4. The summed E-state index contributed by atoms with van der Waals surface area (Å²) in [5.41, 5.74) is 0.437. The number of non-ortho nitro benzene ring substituents is 1. The van der Waals surface area contributed by atoms with Crippen LogP contribution in [0.5, 0.6) is 11.5 Å². The highest BCUT2D eigenvalue weighted by atomic mass is 16.7. The molecule has 0 aliphatic rings. The summed E-state index contributed by atoms with van der Waals surface area (Å²) >= 11 is 0. The van der Waals surface area contributed by atoms with E-state index in [0.29, 0.717) is 5.75 Å². The Kier molecular flexibility index (Phi) is 6.54. The van der Waals surface area contributed by atoms with Gasteiger partial charge in [0.25, 0.3) is 5.69 Å². The molecule has 0 fully saturated rings. The summed E-state index contributed by atoms with van der Waals surface area (Å²) in [4.78, 5) is 26.4. The van der Waals surface area contributed by atoms with Crippen molar-refractivity contribution in [2.75, 3.05) is 6.61 Å². The minimum Gasteiger partial charge on any atom is -0.490 e. The molecule has 1 unspecified atom stereocenters. The molecular formula is C22H23N3O6. The number of nitro benzene ring substituents is 1. The van der Waals surface area contributed by atoms with Crippen LogP contribution in [0.4, 0.5) is 10.5 Å². The lowest BCUT2D eigenvalue weighted by Gasteiger charge is -2.29. The van der Waals surface area contributed by atoms with E-state index in [4.69, 9.17) is 14.2 Å². The van der Waals surface area contributed by atoms with Crippen LogP contribution in [0.2, 0.25) is 0 Å². The van der Waals surface area contributed by atoms with E-state index in [1.807, 2.05) is 55.8 Å². The van der Waals surface area contributed by atoms with E-state index >= 15 is 0 Å². The van der Waals surface area contributed by atoms with Crippen molar-refractivity contribution in [2.45, 2.75) is 26.9 Å². The predicted molar refractivity (Wildman–Crippen MR) is 113 cm³/mol. The number of benzene rings is 2. The largest absolute Gasteiger partial charge is 0.514 e. The topological polar surface area (TPSA) is 106 Å². The maximum Gasteiger partial charge on any atom is 0.514 e. The van der Waals surface area contributed by atoms with Crippen molar-refractivity contribution >= 4 is 11.8 Å². The van der Waals surface area contributed by atoms with E-state index in [9.17, 15) is 14.9 Å². The number of hydrogen-bond donors (Lipinski definition) is 0. The molecule has 0 saturated heterocycles. The third-order valence-corrected chi connectivity index (χ3v) is 4.49. The molecule has 2 aromatic carbocycles. The Bertz CT molecular complexity index is 1010. The van der Waals surface area contributed by atoms with Crippen LogP contribution in [0.15, 0.2) is 67.3 Å². The molecule has 9 heteroatoms. The van der Waals surface area contributed by atoms with Crippen LogP contribution >= 0.6 is 0 Å². The second-order valence-electron chi connectivity index (χ2n) is 7.85. The van der Waals surface area contributed by atoms with Gasteiger partial charge in [-0.15, -0.1) is 0 Å². The van der Waals surface area contributed by atoms with Gasteiger partial charge in [0.15, 0.2) is 0 Å². The maximum atomic E-state index is 12.2. The third kappa shape index (κ3) is 6.05. The first-order chi connectivity index (χ1) is 14.7. The average molecular weight is 425 g/mol. The summed E-state index contributed by atoms with van der Waals surface area (Å²) in [6, 6.07) is 12.6. The van der Waals surface area contributed by atoms with Crippen LogP contribution in [-0.2, 0) is 4.74 Å². The van der Waals surface area contributed by atoms with Crippen molar-refractivity contribution in [1.29, 1.82) is 0 Å². The lowest BCUT2D eigenvalue weighted by Crippen LogP contribution is -2.37. The highest BCUT2D eigenvalue weighted by Gasteiger charge is 2.30. The fourth-order valence-electron chi connectivity index (χ4n) is 2.63. The molecule has 0 saturated carbocycles. The number of aromatic nitrogens is 2. The van der Waals surface area contributed by atoms with Gasteiger partial charge in [-0.3, -0.25) is 10.1 Å². The van der Waals surface area contributed by atoms with E-state index in [2.05, 4.69) is 4.98 Å². The third-order valence-electron chi connectivity index (χ3n) is 4.49. The molecule has 0 radical (unpaired) electrons. The summed E-state index contributed by atoms with van der Waals surface area (Å²) in [7, 11) is 0. The standard InChI is InChI=1S/C22H23N3O6/c1-22(2,3)20(31-21(26)30-19-10-6-17(7-11-19)25(27)28)14-29-18-8-4-16(5-9-18)24-13-12-23-15-24/h4-13,15,20H,14H2,1-3H3. The number of carbonyl (C=O) groups is 1. The van der Waals surface area contributed by atoms with Gasteiger partial charge in [0, 0.05) is 35.6 Å². The smallest absolute Gasteiger partial charge is 0.490 e. The first-order valence-corrected chi connectivity index (χ1v) is 9.56. The van der Waals surface area contributed by atoms with Gasteiger partial charge in [0.05, 0.1) is 11.3 Å². The highest BCUT2D eigenvalue weighted by molar-refractivity contribution is 5.64. The molecule has 1 atom stereocenters.